The van der Waals surface area contributed by atoms with Gasteiger partial charge < -0.3 is 4.90 Å². The molecular weight excluding hydrogens is 380 g/mol. The first-order valence-electron chi connectivity index (χ1n) is 8.81. The maximum atomic E-state index is 13.1. The second-order valence-corrected chi connectivity index (χ2v) is 8.82. The lowest BCUT2D eigenvalue weighted by Crippen LogP contribution is -2.49. The molecule has 9 heteroatoms. The minimum absolute atomic E-state index is 0.0235. The molecule has 1 aliphatic rings. The van der Waals surface area contributed by atoms with Gasteiger partial charge >= 0.3 is 6.03 Å². The molecule has 0 spiro atoms. The summed E-state index contributed by atoms with van der Waals surface area (Å²) in [5, 5.41) is 0. The number of hydrazine groups is 1. The Labute approximate surface area is 163 Å². The highest BCUT2D eigenvalue weighted by molar-refractivity contribution is 7.91. The normalized spacial score (nSPS) is 15.7. The van der Waals surface area contributed by atoms with E-state index in [4.69, 9.17) is 5.84 Å². The highest BCUT2D eigenvalue weighted by Crippen LogP contribution is 2.20. The lowest BCUT2D eigenvalue weighted by atomic mass is 10.1. The van der Waals surface area contributed by atoms with Crippen LogP contribution in [0.1, 0.15) is 15.9 Å². The summed E-state index contributed by atoms with van der Waals surface area (Å²) in [7, 11) is -3.07. The van der Waals surface area contributed by atoms with Crippen LogP contribution in [0.5, 0.6) is 0 Å². The van der Waals surface area contributed by atoms with Gasteiger partial charge in [0, 0.05) is 24.3 Å². The number of nitrogens with two attached hydrogens (primary N) is 1. The quantitative estimate of drug-likeness (QED) is 0.452. The average molecular weight is 402 g/mol. The van der Waals surface area contributed by atoms with E-state index >= 15 is 0 Å². The fraction of sp³-hybridized carbons (Fsp3) is 0.263. The standard InChI is InChI=1S/C19H22N4O4S/c20-21-18(24)16-8-6-15(7-9-16)14-23(17-4-2-1-3-5-17)19(25)22-10-12-28(26,27)13-11-22/h1-9H,10-14,20H2,(H,21,24). The van der Waals surface area contributed by atoms with Gasteiger partial charge in [0.25, 0.3) is 5.91 Å². The number of carbonyl (C=O) groups is 2. The van der Waals surface area contributed by atoms with Crippen molar-refractivity contribution in [2.75, 3.05) is 29.5 Å². The zero-order chi connectivity index (χ0) is 20.1. The number of nitrogens with one attached hydrogen (secondary N) is 1. The van der Waals surface area contributed by atoms with Gasteiger partial charge in [0.2, 0.25) is 0 Å². The summed E-state index contributed by atoms with van der Waals surface area (Å²) < 4.78 is 23.3. The molecule has 0 bridgehead atoms. The third-order valence-electron chi connectivity index (χ3n) is 4.60. The number of carbonyl (C=O) groups excluding carboxylic acids is 2. The summed E-state index contributed by atoms with van der Waals surface area (Å²) in [4.78, 5) is 27.9. The van der Waals surface area contributed by atoms with Gasteiger partial charge in [-0.25, -0.2) is 19.1 Å². The summed E-state index contributed by atoms with van der Waals surface area (Å²) in [6.07, 6.45) is 0. The molecular formula is C19H22N4O4S. The van der Waals surface area contributed by atoms with Crippen LogP contribution in [0.3, 0.4) is 0 Å². The maximum Gasteiger partial charge on any atom is 0.324 e. The molecule has 1 fully saturated rings. The Bertz CT molecular complexity index is 932. The Kier molecular flexibility index (Phi) is 5.96. The van der Waals surface area contributed by atoms with Crippen LogP contribution in [-0.4, -0.2) is 49.9 Å². The largest absolute Gasteiger partial charge is 0.324 e. The minimum Gasteiger partial charge on any atom is -0.322 e. The fourth-order valence-electron chi connectivity index (χ4n) is 2.98. The van der Waals surface area contributed by atoms with Crippen molar-refractivity contribution in [3.8, 4) is 0 Å². The SMILES string of the molecule is NNC(=O)c1ccc(CN(C(=O)N2CCS(=O)(=O)CC2)c2ccccc2)cc1. The van der Waals surface area contributed by atoms with Crippen molar-refractivity contribution < 1.29 is 18.0 Å². The molecule has 1 saturated heterocycles. The molecule has 1 aliphatic heterocycles. The molecule has 2 aromatic rings. The summed E-state index contributed by atoms with van der Waals surface area (Å²) in [5.74, 6) is 4.70. The number of para-hydroxylation sites is 1. The first-order chi connectivity index (χ1) is 13.4. The molecule has 0 aromatic heterocycles. The number of hydrogen-bond acceptors (Lipinski definition) is 5. The zero-order valence-electron chi connectivity index (χ0n) is 15.2. The van der Waals surface area contributed by atoms with Gasteiger partial charge in [-0.3, -0.25) is 15.1 Å². The van der Waals surface area contributed by atoms with Gasteiger partial charge in [-0.2, -0.15) is 0 Å². The van der Waals surface area contributed by atoms with Gasteiger partial charge in [-0.05, 0) is 29.8 Å². The molecule has 28 heavy (non-hydrogen) atoms. The summed E-state index contributed by atoms with van der Waals surface area (Å²) in [6.45, 7) is 0.650. The molecule has 1 heterocycles. The van der Waals surface area contributed by atoms with E-state index < -0.39 is 15.7 Å². The number of urea groups is 1. The van der Waals surface area contributed by atoms with Crippen LogP contribution >= 0.6 is 0 Å². The number of amides is 3. The van der Waals surface area contributed by atoms with Crippen LogP contribution in [0.25, 0.3) is 0 Å². The number of nitrogens with zero attached hydrogens (tertiary/aromatic N) is 2. The molecule has 3 rings (SSSR count). The van der Waals surface area contributed by atoms with Crippen LogP contribution < -0.4 is 16.2 Å². The molecule has 0 saturated carbocycles. The summed E-state index contributed by atoms with van der Waals surface area (Å²) in [6, 6.07) is 15.7. The third kappa shape index (κ3) is 4.68. The number of anilines is 1. The predicted octanol–water partition coefficient (Wildman–Crippen LogP) is 1.15. The van der Waals surface area contributed by atoms with Gasteiger partial charge in [0.15, 0.2) is 9.84 Å². The van der Waals surface area contributed by atoms with Crippen molar-refractivity contribution in [1.82, 2.24) is 10.3 Å². The van der Waals surface area contributed by atoms with Crippen LogP contribution in [0, 0.1) is 0 Å². The Balaban J connectivity index is 1.82. The Morgan fingerprint density at radius 1 is 1.00 bits per heavy atom. The molecule has 0 radical (unpaired) electrons. The molecule has 0 atom stereocenters. The number of benzene rings is 2. The number of sulfone groups is 1. The van der Waals surface area contributed by atoms with Crippen LogP contribution in [0.4, 0.5) is 10.5 Å². The van der Waals surface area contributed by atoms with E-state index in [-0.39, 0.29) is 37.2 Å². The first kappa shape index (κ1) is 19.8. The fourth-order valence-corrected chi connectivity index (χ4v) is 4.18. The Hall–Kier alpha value is -2.91. The molecule has 2 aromatic carbocycles. The van der Waals surface area contributed by atoms with Crippen LogP contribution in [0.15, 0.2) is 54.6 Å². The van der Waals surface area contributed by atoms with Crippen molar-refractivity contribution in [2.45, 2.75) is 6.54 Å². The van der Waals surface area contributed by atoms with Gasteiger partial charge in [0.1, 0.15) is 0 Å². The van der Waals surface area contributed by atoms with Gasteiger partial charge in [0.05, 0.1) is 18.1 Å². The van der Waals surface area contributed by atoms with E-state index in [1.807, 2.05) is 30.3 Å². The summed E-state index contributed by atoms with van der Waals surface area (Å²) >= 11 is 0. The summed E-state index contributed by atoms with van der Waals surface area (Å²) in [5.41, 5.74) is 4.04. The lowest BCUT2D eigenvalue weighted by Gasteiger charge is -2.33. The van der Waals surface area contributed by atoms with E-state index in [1.165, 1.54) is 0 Å². The zero-order valence-corrected chi connectivity index (χ0v) is 16.1. The van der Waals surface area contributed by atoms with Crippen molar-refractivity contribution in [3.63, 3.8) is 0 Å². The van der Waals surface area contributed by atoms with E-state index in [2.05, 4.69) is 5.43 Å². The van der Waals surface area contributed by atoms with Crippen molar-refractivity contribution >= 4 is 27.5 Å². The first-order valence-corrected chi connectivity index (χ1v) is 10.6. The van der Waals surface area contributed by atoms with E-state index in [1.54, 1.807) is 34.1 Å². The van der Waals surface area contributed by atoms with E-state index in [9.17, 15) is 18.0 Å². The van der Waals surface area contributed by atoms with E-state index in [0.717, 1.165) is 5.56 Å². The number of hydrogen-bond donors (Lipinski definition) is 2. The minimum atomic E-state index is -3.07. The maximum absolute atomic E-state index is 13.1. The molecule has 8 nitrogen and oxygen atoms in total. The topological polar surface area (TPSA) is 113 Å². The molecule has 0 aliphatic carbocycles. The number of nitrogen functional groups attached to an aromatic ring is 1. The monoisotopic (exact) mass is 402 g/mol. The second kappa shape index (κ2) is 8.41. The van der Waals surface area contributed by atoms with Gasteiger partial charge in [-0.1, -0.05) is 30.3 Å². The van der Waals surface area contributed by atoms with Crippen LogP contribution in [-0.2, 0) is 16.4 Å². The molecule has 148 valence electrons. The second-order valence-electron chi connectivity index (χ2n) is 6.51. The highest BCUT2D eigenvalue weighted by Gasteiger charge is 2.29. The smallest absolute Gasteiger partial charge is 0.322 e. The van der Waals surface area contributed by atoms with Crippen molar-refractivity contribution in [3.05, 3.63) is 65.7 Å². The molecule has 3 N–H and O–H groups in total. The van der Waals surface area contributed by atoms with E-state index in [0.29, 0.717) is 11.3 Å². The number of rotatable bonds is 4. The predicted molar refractivity (Wildman–Crippen MR) is 106 cm³/mol. The lowest BCUT2D eigenvalue weighted by molar-refractivity contribution is 0.0953. The van der Waals surface area contributed by atoms with Gasteiger partial charge in [-0.15, -0.1) is 0 Å². The Morgan fingerprint density at radius 2 is 1.61 bits per heavy atom. The van der Waals surface area contributed by atoms with Crippen molar-refractivity contribution in [2.24, 2.45) is 5.84 Å². The highest BCUT2D eigenvalue weighted by atomic mass is 32.2. The van der Waals surface area contributed by atoms with Crippen molar-refractivity contribution in [1.29, 1.82) is 0 Å². The van der Waals surface area contributed by atoms with Crippen LogP contribution in [0.2, 0.25) is 0 Å². The molecule has 0 unspecified atom stereocenters. The third-order valence-corrected chi connectivity index (χ3v) is 6.21. The molecule has 3 amide bonds. The average Bonchev–Trinajstić information content (AvgIpc) is 2.72. The Morgan fingerprint density at radius 3 is 2.18 bits per heavy atom.